The van der Waals surface area contributed by atoms with E-state index in [0.29, 0.717) is 6.61 Å². The van der Waals surface area contributed by atoms with Gasteiger partial charge in [-0.25, -0.2) is 0 Å². The molecule has 0 saturated carbocycles. The Morgan fingerprint density at radius 3 is 3.04 bits per heavy atom. The Labute approximate surface area is 152 Å². The van der Waals surface area contributed by atoms with Crippen molar-refractivity contribution >= 4 is 5.91 Å². The Hall–Kier alpha value is -0.910. The maximum absolute atomic E-state index is 13.0. The number of allylic oxidation sites excluding steroid dienone is 1. The van der Waals surface area contributed by atoms with E-state index in [1.165, 1.54) is 6.42 Å². The number of hydrogen-bond donors (Lipinski definition) is 0. The number of carbonyl (C=O) groups is 1. The highest BCUT2D eigenvalue weighted by Crippen LogP contribution is 2.41. The normalized spacial score (nSPS) is 30.1. The highest BCUT2D eigenvalue weighted by Gasteiger charge is 2.47. The largest absolute Gasteiger partial charge is 0.379 e. The van der Waals surface area contributed by atoms with E-state index in [1.54, 1.807) is 0 Å². The molecule has 25 heavy (non-hydrogen) atoms. The van der Waals surface area contributed by atoms with Crippen molar-refractivity contribution in [2.24, 2.45) is 5.41 Å². The van der Waals surface area contributed by atoms with Crippen LogP contribution in [0.2, 0.25) is 0 Å². The second kappa shape index (κ2) is 8.65. The number of likely N-dealkylation sites (N-methyl/N-ethyl adjacent to an activating group) is 1. The average Bonchev–Trinajstić information content (AvgIpc) is 2.65. The van der Waals surface area contributed by atoms with Crippen molar-refractivity contribution in [1.29, 1.82) is 0 Å². The zero-order valence-corrected chi connectivity index (χ0v) is 16.0. The highest BCUT2D eigenvalue weighted by molar-refractivity contribution is 5.93. The summed E-state index contributed by atoms with van der Waals surface area (Å²) in [5, 5.41) is 0. The monoisotopic (exact) mass is 350 g/mol. The van der Waals surface area contributed by atoms with Gasteiger partial charge >= 0.3 is 0 Å². The fraction of sp³-hybridized carbons (Fsp3) is 0.850. The molecule has 0 aromatic heterocycles. The summed E-state index contributed by atoms with van der Waals surface area (Å²) in [4.78, 5) is 17.2. The molecule has 2 unspecified atom stereocenters. The molecule has 0 aromatic rings. The summed E-state index contributed by atoms with van der Waals surface area (Å²) in [5.74, 6) is 0.261. The SMILES string of the molecule is CN(C)CCOCC12CCCOC1CCN(C(=O)C1=CCCCC1)C2. The van der Waals surface area contributed by atoms with Crippen LogP contribution in [-0.4, -0.2) is 75.4 Å². The third kappa shape index (κ3) is 4.63. The molecule has 1 aliphatic carbocycles. The molecule has 5 heteroatoms. The van der Waals surface area contributed by atoms with Gasteiger partial charge in [0.25, 0.3) is 0 Å². The summed E-state index contributed by atoms with van der Waals surface area (Å²) in [5.41, 5.74) is 1.01. The van der Waals surface area contributed by atoms with Crippen LogP contribution in [0.25, 0.3) is 0 Å². The maximum Gasteiger partial charge on any atom is 0.249 e. The first kappa shape index (κ1) is 18.9. The standard InChI is InChI=1S/C20H34N2O3/c1-21(2)12-14-24-16-20-10-6-13-25-18(20)9-11-22(15-20)19(23)17-7-4-3-5-8-17/h7,18H,3-6,8-16H2,1-2H3. The summed E-state index contributed by atoms with van der Waals surface area (Å²) in [6, 6.07) is 0. The topological polar surface area (TPSA) is 42.0 Å². The van der Waals surface area contributed by atoms with Gasteiger partial charge in [-0.3, -0.25) is 4.79 Å². The zero-order chi connectivity index (χ0) is 17.7. The Kier molecular flexibility index (Phi) is 6.53. The Morgan fingerprint density at radius 1 is 1.40 bits per heavy atom. The fourth-order valence-corrected chi connectivity index (χ4v) is 4.43. The minimum Gasteiger partial charge on any atom is -0.379 e. The molecule has 2 saturated heterocycles. The van der Waals surface area contributed by atoms with Crippen molar-refractivity contribution in [3.63, 3.8) is 0 Å². The van der Waals surface area contributed by atoms with Gasteiger partial charge < -0.3 is 19.3 Å². The van der Waals surface area contributed by atoms with Gasteiger partial charge in [0, 0.05) is 37.2 Å². The minimum absolute atomic E-state index is 0.0201. The van der Waals surface area contributed by atoms with Gasteiger partial charge in [-0.1, -0.05) is 6.08 Å². The number of hydrogen-bond acceptors (Lipinski definition) is 4. The molecule has 1 amide bonds. The Bertz CT molecular complexity index is 491. The molecule has 0 radical (unpaired) electrons. The van der Waals surface area contributed by atoms with Gasteiger partial charge in [0.1, 0.15) is 0 Å². The van der Waals surface area contributed by atoms with Gasteiger partial charge in [-0.05, 0) is 59.0 Å². The number of likely N-dealkylation sites (tertiary alicyclic amines) is 1. The molecule has 5 nitrogen and oxygen atoms in total. The third-order valence-corrected chi connectivity index (χ3v) is 5.91. The van der Waals surface area contributed by atoms with Gasteiger partial charge in [-0.15, -0.1) is 0 Å². The predicted molar refractivity (Wildman–Crippen MR) is 98.5 cm³/mol. The van der Waals surface area contributed by atoms with Crippen LogP contribution >= 0.6 is 0 Å². The van der Waals surface area contributed by atoms with Crippen molar-refractivity contribution in [3.8, 4) is 0 Å². The number of fused-ring (bicyclic) bond motifs is 1. The predicted octanol–water partition coefficient (Wildman–Crippen LogP) is 2.46. The Balaban J connectivity index is 1.64. The molecule has 0 N–H and O–H groups in total. The van der Waals surface area contributed by atoms with Crippen molar-refractivity contribution in [2.75, 3.05) is 53.6 Å². The van der Waals surface area contributed by atoms with Crippen LogP contribution in [-0.2, 0) is 14.3 Å². The van der Waals surface area contributed by atoms with Crippen molar-refractivity contribution in [3.05, 3.63) is 11.6 Å². The Morgan fingerprint density at radius 2 is 2.28 bits per heavy atom. The average molecular weight is 351 g/mol. The van der Waals surface area contributed by atoms with E-state index in [-0.39, 0.29) is 17.4 Å². The first-order valence-electron chi connectivity index (χ1n) is 9.93. The van der Waals surface area contributed by atoms with E-state index in [4.69, 9.17) is 9.47 Å². The molecule has 2 fully saturated rings. The second-order valence-electron chi connectivity index (χ2n) is 8.17. The molecule has 2 heterocycles. The van der Waals surface area contributed by atoms with E-state index in [9.17, 15) is 4.79 Å². The molecule has 142 valence electrons. The van der Waals surface area contributed by atoms with E-state index in [0.717, 1.165) is 76.9 Å². The molecular weight excluding hydrogens is 316 g/mol. The lowest BCUT2D eigenvalue weighted by Gasteiger charge is -2.50. The molecule has 0 spiro atoms. The zero-order valence-electron chi connectivity index (χ0n) is 16.0. The summed E-state index contributed by atoms with van der Waals surface area (Å²) in [7, 11) is 4.13. The van der Waals surface area contributed by atoms with Gasteiger partial charge in [0.2, 0.25) is 5.91 Å². The molecular formula is C20H34N2O3. The highest BCUT2D eigenvalue weighted by atomic mass is 16.5. The molecule has 3 aliphatic rings. The lowest BCUT2D eigenvalue weighted by atomic mass is 9.72. The number of rotatable bonds is 6. The van der Waals surface area contributed by atoms with Crippen LogP contribution in [0.1, 0.15) is 44.9 Å². The lowest BCUT2D eigenvalue weighted by Crippen LogP contribution is -2.58. The van der Waals surface area contributed by atoms with Crippen molar-refractivity contribution in [1.82, 2.24) is 9.80 Å². The molecule has 0 aromatic carbocycles. The maximum atomic E-state index is 13.0. The van der Waals surface area contributed by atoms with E-state index in [2.05, 4.69) is 30.0 Å². The van der Waals surface area contributed by atoms with Crippen molar-refractivity contribution < 1.29 is 14.3 Å². The summed E-state index contributed by atoms with van der Waals surface area (Å²) in [6.07, 6.45) is 9.88. The summed E-state index contributed by atoms with van der Waals surface area (Å²) < 4.78 is 12.1. The van der Waals surface area contributed by atoms with Gasteiger partial charge in [0.05, 0.1) is 19.3 Å². The smallest absolute Gasteiger partial charge is 0.249 e. The minimum atomic E-state index is -0.0201. The van der Waals surface area contributed by atoms with Gasteiger partial charge in [0.15, 0.2) is 0 Å². The first-order chi connectivity index (χ1) is 12.1. The van der Waals surface area contributed by atoms with Crippen LogP contribution in [0.5, 0.6) is 0 Å². The quantitative estimate of drug-likeness (QED) is 0.690. The van der Waals surface area contributed by atoms with Crippen molar-refractivity contribution in [2.45, 2.75) is 51.0 Å². The lowest BCUT2D eigenvalue weighted by molar-refractivity contribution is -0.162. The van der Waals surface area contributed by atoms with E-state index >= 15 is 0 Å². The summed E-state index contributed by atoms with van der Waals surface area (Å²) >= 11 is 0. The number of piperidine rings is 1. The van der Waals surface area contributed by atoms with E-state index < -0.39 is 0 Å². The van der Waals surface area contributed by atoms with Crippen LogP contribution in [0.3, 0.4) is 0 Å². The summed E-state index contributed by atoms with van der Waals surface area (Å²) in [6.45, 7) is 4.82. The van der Waals surface area contributed by atoms with Crippen LogP contribution in [0.15, 0.2) is 11.6 Å². The molecule has 2 aliphatic heterocycles. The molecule has 0 bridgehead atoms. The molecule has 3 rings (SSSR count). The van der Waals surface area contributed by atoms with Crippen LogP contribution in [0, 0.1) is 5.41 Å². The van der Waals surface area contributed by atoms with E-state index in [1.807, 2.05) is 0 Å². The second-order valence-corrected chi connectivity index (χ2v) is 8.17. The fourth-order valence-electron chi connectivity index (χ4n) is 4.43. The number of ether oxygens (including phenoxy) is 2. The number of nitrogens with zero attached hydrogens (tertiary/aromatic N) is 2. The van der Waals surface area contributed by atoms with Crippen LogP contribution < -0.4 is 0 Å². The number of carbonyl (C=O) groups excluding carboxylic acids is 1. The van der Waals surface area contributed by atoms with Crippen LogP contribution in [0.4, 0.5) is 0 Å². The van der Waals surface area contributed by atoms with Gasteiger partial charge in [-0.2, -0.15) is 0 Å². The first-order valence-corrected chi connectivity index (χ1v) is 9.93. The number of amides is 1. The third-order valence-electron chi connectivity index (χ3n) is 5.91. The molecule has 2 atom stereocenters.